The van der Waals surface area contributed by atoms with Crippen molar-refractivity contribution in [3.05, 3.63) is 41.5 Å². The van der Waals surface area contributed by atoms with Crippen LogP contribution in [0.15, 0.2) is 30.3 Å². The van der Waals surface area contributed by atoms with Gasteiger partial charge in [0, 0.05) is 10.9 Å². The summed E-state index contributed by atoms with van der Waals surface area (Å²) in [5.41, 5.74) is 7.63. The third-order valence-electron chi connectivity index (χ3n) is 1.80. The van der Waals surface area contributed by atoms with Gasteiger partial charge in [-0.15, -0.1) is 0 Å². The molecule has 1 nitrogen and oxygen atoms in total. The molecule has 74 valence electrons. The Morgan fingerprint density at radius 3 is 2.79 bits per heavy atom. The van der Waals surface area contributed by atoms with E-state index in [1.54, 1.807) is 0 Å². The minimum atomic E-state index is 0.448. The second kappa shape index (κ2) is 5.94. The molecule has 0 radical (unpaired) electrons. The molecule has 0 heterocycles. The zero-order valence-corrected chi connectivity index (χ0v) is 10.1. The molecule has 0 atom stereocenters. The third kappa shape index (κ3) is 3.24. The molecule has 3 heteroatoms. The van der Waals surface area contributed by atoms with Gasteiger partial charge in [-0.3, -0.25) is 0 Å². The molecule has 1 rings (SSSR count). The van der Waals surface area contributed by atoms with Crippen LogP contribution in [0.25, 0.3) is 6.08 Å². The summed E-state index contributed by atoms with van der Waals surface area (Å²) in [5.74, 6) is 0. The van der Waals surface area contributed by atoms with Gasteiger partial charge in [-0.1, -0.05) is 64.6 Å². The monoisotopic (exact) mass is 269 g/mol. The highest BCUT2D eigenvalue weighted by molar-refractivity contribution is 9.09. The number of thiocarbonyl (C=S) groups is 1. The van der Waals surface area contributed by atoms with Crippen molar-refractivity contribution in [2.24, 2.45) is 5.73 Å². The number of rotatable bonds is 4. The van der Waals surface area contributed by atoms with Crippen molar-refractivity contribution < 1.29 is 0 Å². The van der Waals surface area contributed by atoms with Crippen LogP contribution in [0.5, 0.6) is 0 Å². The first-order valence-corrected chi connectivity index (χ1v) is 5.90. The van der Waals surface area contributed by atoms with E-state index in [-0.39, 0.29) is 0 Å². The minimum absolute atomic E-state index is 0.448. The SMILES string of the molecule is NC(=S)c1ccccc1C=CCCBr. The maximum atomic E-state index is 5.61. The molecule has 1 aromatic carbocycles. The fourth-order valence-corrected chi connectivity index (χ4v) is 1.59. The Hall–Kier alpha value is -0.670. The molecule has 2 N–H and O–H groups in total. The van der Waals surface area contributed by atoms with Gasteiger partial charge in [0.25, 0.3) is 0 Å². The predicted octanol–water partition coefficient (Wildman–Crippen LogP) is 3.12. The predicted molar refractivity (Wildman–Crippen MR) is 69.8 cm³/mol. The Labute approximate surface area is 98.1 Å². The van der Waals surface area contributed by atoms with Crippen molar-refractivity contribution in [2.75, 3.05) is 5.33 Å². The van der Waals surface area contributed by atoms with E-state index in [1.165, 1.54) is 0 Å². The average molecular weight is 270 g/mol. The molecule has 0 saturated carbocycles. The molecular formula is C11H12BrNS. The summed E-state index contributed by atoms with van der Waals surface area (Å²) >= 11 is 8.33. The van der Waals surface area contributed by atoms with E-state index in [0.29, 0.717) is 4.99 Å². The fraction of sp³-hybridized carbons (Fsp3) is 0.182. The van der Waals surface area contributed by atoms with Crippen molar-refractivity contribution in [1.29, 1.82) is 0 Å². The van der Waals surface area contributed by atoms with Crippen LogP contribution in [-0.4, -0.2) is 10.3 Å². The minimum Gasteiger partial charge on any atom is -0.389 e. The van der Waals surface area contributed by atoms with Crippen LogP contribution in [-0.2, 0) is 0 Å². The van der Waals surface area contributed by atoms with Crippen LogP contribution in [0.3, 0.4) is 0 Å². The summed E-state index contributed by atoms with van der Waals surface area (Å²) in [6.45, 7) is 0. The smallest absolute Gasteiger partial charge is 0.104 e. The molecule has 14 heavy (non-hydrogen) atoms. The number of hydrogen-bond acceptors (Lipinski definition) is 1. The van der Waals surface area contributed by atoms with Crippen molar-refractivity contribution in [2.45, 2.75) is 6.42 Å². The zero-order chi connectivity index (χ0) is 10.4. The second-order valence-corrected chi connectivity index (χ2v) is 4.06. The third-order valence-corrected chi connectivity index (χ3v) is 2.48. The lowest BCUT2D eigenvalue weighted by molar-refractivity contribution is 1.27. The molecule has 0 unspecified atom stereocenters. The lowest BCUT2D eigenvalue weighted by atomic mass is 10.1. The van der Waals surface area contributed by atoms with Gasteiger partial charge < -0.3 is 5.73 Å². The van der Waals surface area contributed by atoms with E-state index in [1.807, 2.05) is 24.3 Å². The Bertz CT molecular complexity index is 347. The van der Waals surface area contributed by atoms with Crippen molar-refractivity contribution >= 4 is 39.2 Å². The highest BCUT2D eigenvalue weighted by atomic mass is 79.9. The lowest BCUT2D eigenvalue weighted by Gasteiger charge is -2.02. The quantitative estimate of drug-likeness (QED) is 0.672. The van der Waals surface area contributed by atoms with Crippen LogP contribution in [0.1, 0.15) is 17.5 Å². The molecule has 0 aliphatic heterocycles. The van der Waals surface area contributed by atoms with E-state index in [2.05, 4.69) is 28.1 Å². The van der Waals surface area contributed by atoms with E-state index in [9.17, 15) is 0 Å². The average Bonchev–Trinajstić information content (AvgIpc) is 2.19. The van der Waals surface area contributed by atoms with Gasteiger partial charge >= 0.3 is 0 Å². The van der Waals surface area contributed by atoms with Gasteiger partial charge in [0.2, 0.25) is 0 Å². The number of benzene rings is 1. The van der Waals surface area contributed by atoms with Crippen LogP contribution in [0, 0.1) is 0 Å². The summed E-state index contributed by atoms with van der Waals surface area (Å²) < 4.78 is 0. The van der Waals surface area contributed by atoms with Crippen LogP contribution in [0.2, 0.25) is 0 Å². The molecule has 1 aromatic rings. The number of alkyl halides is 1. The van der Waals surface area contributed by atoms with Gasteiger partial charge in [0.1, 0.15) is 4.99 Å². The topological polar surface area (TPSA) is 26.0 Å². The van der Waals surface area contributed by atoms with Crippen LogP contribution < -0.4 is 5.73 Å². The Kier molecular flexibility index (Phi) is 4.84. The van der Waals surface area contributed by atoms with E-state index in [0.717, 1.165) is 22.9 Å². The van der Waals surface area contributed by atoms with E-state index >= 15 is 0 Å². The lowest BCUT2D eigenvalue weighted by Crippen LogP contribution is -2.10. The summed E-state index contributed by atoms with van der Waals surface area (Å²) in [4.78, 5) is 0.448. The summed E-state index contributed by atoms with van der Waals surface area (Å²) in [7, 11) is 0. The second-order valence-electron chi connectivity index (χ2n) is 2.83. The van der Waals surface area contributed by atoms with Gasteiger partial charge in [-0.25, -0.2) is 0 Å². The first-order valence-electron chi connectivity index (χ1n) is 4.37. The highest BCUT2D eigenvalue weighted by Crippen LogP contribution is 2.11. The van der Waals surface area contributed by atoms with Crippen molar-refractivity contribution in [1.82, 2.24) is 0 Å². The summed E-state index contributed by atoms with van der Waals surface area (Å²) in [6, 6.07) is 7.88. The largest absolute Gasteiger partial charge is 0.389 e. The van der Waals surface area contributed by atoms with Crippen molar-refractivity contribution in [3.63, 3.8) is 0 Å². The molecular weight excluding hydrogens is 258 g/mol. The van der Waals surface area contributed by atoms with Gasteiger partial charge in [-0.05, 0) is 12.0 Å². The van der Waals surface area contributed by atoms with Gasteiger partial charge in [0.05, 0.1) is 0 Å². The number of nitrogens with two attached hydrogens (primary N) is 1. The standard InChI is InChI=1S/C11H12BrNS/c12-8-4-3-6-9-5-1-2-7-10(9)11(13)14/h1-3,5-7H,4,8H2,(H2,13,14). The van der Waals surface area contributed by atoms with Crippen LogP contribution in [0.4, 0.5) is 0 Å². The fourth-order valence-electron chi connectivity index (χ4n) is 1.14. The molecule has 0 bridgehead atoms. The Balaban J connectivity index is 2.90. The maximum absolute atomic E-state index is 5.61. The maximum Gasteiger partial charge on any atom is 0.104 e. The van der Waals surface area contributed by atoms with E-state index in [4.69, 9.17) is 18.0 Å². The molecule has 0 amide bonds. The first kappa shape index (κ1) is 11.4. The zero-order valence-electron chi connectivity index (χ0n) is 7.74. The Morgan fingerprint density at radius 1 is 1.43 bits per heavy atom. The number of allylic oxidation sites excluding steroid dienone is 1. The normalized spacial score (nSPS) is 10.6. The summed E-state index contributed by atoms with van der Waals surface area (Å²) in [5, 5.41) is 0.971. The molecule has 0 saturated heterocycles. The molecule has 0 aromatic heterocycles. The highest BCUT2D eigenvalue weighted by Gasteiger charge is 1.99. The van der Waals surface area contributed by atoms with Gasteiger partial charge in [-0.2, -0.15) is 0 Å². The Morgan fingerprint density at radius 2 is 2.14 bits per heavy atom. The van der Waals surface area contributed by atoms with Crippen LogP contribution >= 0.6 is 28.1 Å². The van der Waals surface area contributed by atoms with Crippen molar-refractivity contribution in [3.8, 4) is 0 Å². The molecule has 0 aliphatic carbocycles. The number of halogens is 1. The first-order chi connectivity index (χ1) is 6.75. The molecule has 0 fully saturated rings. The van der Waals surface area contributed by atoms with E-state index < -0.39 is 0 Å². The summed E-state index contributed by atoms with van der Waals surface area (Å²) in [6.07, 6.45) is 5.16. The number of hydrogen-bond donors (Lipinski definition) is 1. The molecule has 0 aliphatic rings. The van der Waals surface area contributed by atoms with Gasteiger partial charge in [0.15, 0.2) is 0 Å². The molecule has 0 spiro atoms.